The zero-order valence-electron chi connectivity index (χ0n) is 8.63. The van der Waals surface area contributed by atoms with Gasteiger partial charge in [-0.15, -0.1) is 0 Å². The summed E-state index contributed by atoms with van der Waals surface area (Å²) in [4.78, 5) is 16.9. The first-order valence-electron chi connectivity index (χ1n) is 5.03. The predicted octanol–water partition coefficient (Wildman–Crippen LogP) is 1.24. The first-order chi connectivity index (χ1) is 7.18. The van der Waals surface area contributed by atoms with Crippen LogP contribution in [0.1, 0.15) is 6.42 Å². The zero-order valence-corrected chi connectivity index (χ0v) is 8.63. The van der Waals surface area contributed by atoms with Gasteiger partial charge >= 0.3 is 5.97 Å². The first kappa shape index (κ1) is 9.96. The SMILES string of the molecule is CN(CC1CC1C(=O)O)c1ccccn1. The molecule has 4 heteroatoms. The van der Waals surface area contributed by atoms with Crippen LogP contribution in [-0.4, -0.2) is 29.7 Å². The van der Waals surface area contributed by atoms with Gasteiger partial charge in [0, 0.05) is 19.8 Å². The molecule has 1 aromatic rings. The molecule has 1 fully saturated rings. The number of carboxylic acid groups (broad SMARTS) is 1. The van der Waals surface area contributed by atoms with Crippen LogP contribution in [0.3, 0.4) is 0 Å². The molecule has 2 atom stereocenters. The molecule has 0 bridgehead atoms. The Morgan fingerprint density at radius 3 is 3.00 bits per heavy atom. The fourth-order valence-corrected chi connectivity index (χ4v) is 1.78. The maximum atomic E-state index is 10.7. The van der Waals surface area contributed by atoms with Crippen molar-refractivity contribution in [3.05, 3.63) is 24.4 Å². The van der Waals surface area contributed by atoms with Crippen molar-refractivity contribution in [2.75, 3.05) is 18.5 Å². The fraction of sp³-hybridized carbons (Fsp3) is 0.455. The second-order valence-electron chi connectivity index (χ2n) is 4.01. The van der Waals surface area contributed by atoms with E-state index in [0.717, 1.165) is 18.8 Å². The number of hydrogen-bond acceptors (Lipinski definition) is 3. The number of carbonyl (C=O) groups is 1. The number of aliphatic carboxylic acids is 1. The van der Waals surface area contributed by atoms with Gasteiger partial charge in [-0.05, 0) is 24.5 Å². The molecular weight excluding hydrogens is 192 g/mol. The van der Waals surface area contributed by atoms with Crippen LogP contribution in [0.4, 0.5) is 5.82 Å². The van der Waals surface area contributed by atoms with E-state index in [-0.39, 0.29) is 11.8 Å². The summed E-state index contributed by atoms with van der Waals surface area (Å²) in [5.74, 6) is 0.369. The van der Waals surface area contributed by atoms with Gasteiger partial charge < -0.3 is 10.0 Å². The Kier molecular flexibility index (Phi) is 2.58. The lowest BCUT2D eigenvalue weighted by Crippen LogP contribution is -2.22. The number of carboxylic acids is 1. The molecule has 1 saturated carbocycles. The second-order valence-corrected chi connectivity index (χ2v) is 4.01. The minimum Gasteiger partial charge on any atom is -0.481 e. The van der Waals surface area contributed by atoms with Gasteiger partial charge in [0.25, 0.3) is 0 Å². The lowest BCUT2D eigenvalue weighted by atomic mass is 10.3. The van der Waals surface area contributed by atoms with Gasteiger partial charge in [-0.3, -0.25) is 4.79 Å². The van der Waals surface area contributed by atoms with E-state index >= 15 is 0 Å². The van der Waals surface area contributed by atoms with E-state index in [0.29, 0.717) is 0 Å². The van der Waals surface area contributed by atoms with Gasteiger partial charge in [-0.25, -0.2) is 4.98 Å². The Morgan fingerprint density at radius 1 is 1.67 bits per heavy atom. The molecule has 0 aliphatic heterocycles. The van der Waals surface area contributed by atoms with Gasteiger partial charge in [-0.2, -0.15) is 0 Å². The van der Waals surface area contributed by atoms with Gasteiger partial charge in [-0.1, -0.05) is 6.07 Å². The Labute approximate surface area is 88.6 Å². The maximum Gasteiger partial charge on any atom is 0.306 e. The van der Waals surface area contributed by atoms with E-state index in [1.807, 2.05) is 30.1 Å². The smallest absolute Gasteiger partial charge is 0.306 e. The van der Waals surface area contributed by atoms with Gasteiger partial charge in [0.2, 0.25) is 0 Å². The topological polar surface area (TPSA) is 53.4 Å². The molecule has 2 rings (SSSR count). The molecule has 80 valence electrons. The third kappa shape index (κ3) is 2.26. The fourth-order valence-electron chi connectivity index (χ4n) is 1.78. The van der Waals surface area contributed by atoms with E-state index in [4.69, 9.17) is 5.11 Å². The standard InChI is InChI=1S/C11H14N2O2/c1-13(10-4-2-3-5-12-10)7-8-6-9(8)11(14)15/h2-5,8-9H,6-7H2,1H3,(H,14,15). The molecule has 1 aliphatic carbocycles. The van der Waals surface area contributed by atoms with Gasteiger partial charge in [0.1, 0.15) is 5.82 Å². The number of nitrogens with zero attached hydrogens (tertiary/aromatic N) is 2. The van der Waals surface area contributed by atoms with E-state index in [1.54, 1.807) is 6.20 Å². The third-order valence-electron chi connectivity index (χ3n) is 2.79. The van der Waals surface area contributed by atoms with Crippen molar-refractivity contribution in [2.45, 2.75) is 6.42 Å². The van der Waals surface area contributed by atoms with Crippen LogP contribution in [0, 0.1) is 11.8 Å². The molecule has 1 N–H and O–H groups in total. The first-order valence-corrected chi connectivity index (χ1v) is 5.03. The van der Waals surface area contributed by atoms with Crippen LogP contribution in [0.15, 0.2) is 24.4 Å². The lowest BCUT2D eigenvalue weighted by Gasteiger charge is -2.17. The highest BCUT2D eigenvalue weighted by atomic mass is 16.4. The van der Waals surface area contributed by atoms with Gasteiger partial charge in [0.15, 0.2) is 0 Å². The van der Waals surface area contributed by atoms with Crippen molar-refractivity contribution < 1.29 is 9.90 Å². The van der Waals surface area contributed by atoms with Crippen LogP contribution in [0.2, 0.25) is 0 Å². The summed E-state index contributed by atoms with van der Waals surface area (Å²) in [7, 11) is 1.94. The average Bonchev–Trinajstić information content (AvgIpc) is 2.98. The van der Waals surface area contributed by atoms with Crippen molar-refractivity contribution in [1.82, 2.24) is 4.98 Å². The zero-order chi connectivity index (χ0) is 10.8. The molecule has 0 radical (unpaired) electrons. The van der Waals surface area contributed by atoms with Crippen molar-refractivity contribution in [2.24, 2.45) is 11.8 Å². The predicted molar refractivity (Wildman–Crippen MR) is 56.7 cm³/mol. The van der Waals surface area contributed by atoms with Crippen molar-refractivity contribution >= 4 is 11.8 Å². The summed E-state index contributed by atoms with van der Waals surface area (Å²) in [5.41, 5.74) is 0. The van der Waals surface area contributed by atoms with Crippen LogP contribution in [-0.2, 0) is 4.79 Å². The minimum atomic E-state index is -0.672. The van der Waals surface area contributed by atoms with Crippen molar-refractivity contribution in [3.63, 3.8) is 0 Å². The van der Waals surface area contributed by atoms with Crippen LogP contribution in [0.5, 0.6) is 0 Å². The van der Waals surface area contributed by atoms with E-state index in [9.17, 15) is 4.79 Å². The quantitative estimate of drug-likeness (QED) is 0.805. The summed E-state index contributed by atoms with van der Waals surface area (Å²) in [6, 6.07) is 5.73. The molecule has 1 aromatic heterocycles. The molecule has 1 heterocycles. The number of pyridine rings is 1. The minimum absolute atomic E-state index is 0.142. The summed E-state index contributed by atoms with van der Waals surface area (Å²) >= 11 is 0. The average molecular weight is 206 g/mol. The van der Waals surface area contributed by atoms with Crippen molar-refractivity contribution in [3.8, 4) is 0 Å². The number of anilines is 1. The van der Waals surface area contributed by atoms with Gasteiger partial charge in [0.05, 0.1) is 5.92 Å². The molecule has 0 saturated heterocycles. The summed E-state index contributed by atoms with van der Waals surface area (Å²) < 4.78 is 0. The second kappa shape index (κ2) is 3.88. The molecular formula is C11H14N2O2. The molecule has 0 aromatic carbocycles. The highest BCUT2D eigenvalue weighted by molar-refractivity contribution is 5.73. The maximum absolute atomic E-state index is 10.7. The largest absolute Gasteiger partial charge is 0.481 e. The Bertz CT molecular complexity index is 353. The summed E-state index contributed by atoms with van der Waals surface area (Å²) in [6.45, 7) is 0.772. The molecule has 2 unspecified atom stereocenters. The number of rotatable bonds is 4. The Balaban J connectivity index is 1.89. The Morgan fingerprint density at radius 2 is 2.47 bits per heavy atom. The number of aromatic nitrogens is 1. The van der Waals surface area contributed by atoms with Crippen LogP contribution >= 0.6 is 0 Å². The highest BCUT2D eigenvalue weighted by Gasteiger charge is 2.43. The molecule has 4 nitrogen and oxygen atoms in total. The lowest BCUT2D eigenvalue weighted by molar-refractivity contribution is -0.138. The van der Waals surface area contributed by atoms with Crippen LogP contribution < -0.4 is 4.90 Å². The third-order valence-corrected chi connectivity index (χ3v) is 2.79. The molecule has 15 heavy (non-hydrogen) atoms. The molecule has 1 aliphatic rings. The Hall–Kier alpha value is -1.58. The van der Waals surface area contributed by atoms with E-state index < -0.39 is 5.97 Å². The normalized spacial score (nSPS) is 23.5. The monoisotopic (exact) mass is 206 g/mol. The summed E-state index contributed by atoms with van der Waals surface area (Å²) in [5, 5.41) is 8.77. The molecule has 0 spiro atoms. The highest BCUT2D eigenvalue weighted by Crippen LogP contribution is 2.39. The van der Waals surface area contributed by atoms with E-state index in [2.05, 4.69) is 4.98 Å². The van der Waals surface area contributed by atoms with Crippen LogP contribution in [0.25, 0.3) is 0 Å². The van der Waals surface area contributed by atoms with Crippen molar-refractivity contribution in [1.29, 1.82) is 0 Å². The molecule has 0 amide bonds. The number of hydrogen-bond donors (Lipinski definition) is 1. The summed E-state index contributed by atoms with van der Waals surface area (Å²) in [6.07, 6.45) is 2.54. The van der Waals surface area contributed by atoms with E-state index in [1.165, 1.54) is 0 Å².